The fourth-order valence-corrected chi connectivity index (χ4v) is 3.37. The van der Waals surface area contributed by atoms with Gasteiger partial charge in [0.15, 0.2) is 5.96 Å². The number of guanidine groups is 1. The molecule has 0 aliphatic carbocycles. The van der Waals surface area contributed by atoms with Crippen LogP contribution in [0.15, 0.2) is 35.6 Å². The summed E-state index contributed by atoms with van der Waals surface area (Å²) in [6.45, 7) is 6.61. The molecular weight excluding hydrogens is 326 g/mol. The van der Waals surface area contributed by atoms with Gasteiger partial charge in [0, 0.05) is 58.7 Å². The van der Waals surface area contributed by atoms with E-state index in [4.69, 9.17) is 9.73 Å². The van der Waals surface area contributed by atoms with E-state index < -0.39 is 0 Å². The number of ether oxygens (including phenoxy) is 1. The molecule has 3 heterocycles. The highest BCUT2D eigenvalue weighted by Gasteiger charge is 2.15. The molecule has 1 fully saturated rings. The Bertz CT molecular complexity index is 672. The Morgan fingerprint density at radius 1 is 1.38 bits per heavy atom. The van der Waals surface area contributed by atoms with Crippen molar-refractivity contribution in [3.8, 4) is 0 Å². The van der Waals surface area contributed by atoms with Crippen molar-refractivity contribution in [1.29, 1.82) is 0 Å². The summed E-state index contributed by atoms with van der Waals surface area (Å²) < 4.78 is 7.51. The molecular formula is C20H31N5O. The first kappa shape index (κ1) is 18.7. The first-order valence-electron chi connectivity index (χ1n) is 9.76. The zero-order chi connectivity index (χ0) is 18.2. The maximum atomic E-state index is 5.45. The summed E-state index contributed by atoms with van der Waals surface area (Å²) in [4.78, 5) is 11.7. The second-order valence-electron chi connectivity index (χ2n) is 6.95. The second kappa shape index (κ2) is 9.57. The van der Waals surface area contributed by atoms with Gasteiger partial charge < -0.3 is 19.4 Å². The standard InChI is InChI=1S/C20H31N5O/c1-3-21-20(24(2)13-8-17-9-14-26-15-10-17)22-11-7-18-16-25-12-5-4-6-19(25)23-18/h4-6,12,16-17H,3,7-11,13-15H2,1-2H3,(H,21,22). The number of fused-ring (bicyclic) bond motifs is 1. The van der Waals surface area contributed by atoms with Gasteiger partial charge in [0.25, 0.3) is 0 Å². The molecule has 142 valence electrons. The van der Waals surface area contributed by atoms with Crippen LogP contribution in [0.4, 0.5) is 0 Å². The molecule has 26 heavy (non-hydrogen) atoms. The summed E-state index contributed by atoms with van der Waals surface area (Å²) in [5.41, 5.74) is 2.08. The molecule has 0 unspecified atom stereocenters. The summed E-state index contributed by atoms with van der Waals surface area (Å²) in [5.74, 6) is 1.77. The lowest BCUT2D eigenvalue weighted by Crippen LogP contribution is -2.40. The van der Waals surface area contributed by atoms with E-state index in [2.05, 4.69) is 39.8 Å². The van der Waals surface area contributed by atoms with Crippen LogP contribution in [-0.2, 0) is 11.2 Å². The van der Waals surface area contributed by atoms with Gasteiger partial charge in [-0.2, -0.15) is 0 Å². The monoisotopic (exact) mass is 357 g/mol. The zero-order valence-corrected chi connectivity index (χ0v) is 16.0. The van der Waals surface area contributed by atoms with Crippen molar-refractivity contribution in [3.63, 3.8) is 0 Å². The summed E-state index contributed by atoms with van der Waals surface area (Å²) in [7, 11) is 2.13. The van der Waals surface area contributed by atoms with Crippen LogP contribution < -0.4 is 5.32 Å². The quantitative estimate of drug-likeness (QED) is 0.611. The van der Waals surface area contributed by atoms with Gasteiger partial charge in [0.1, 0.15) is 5.65 Å². The highest BCUT2D eigenvalue weighted by Crippen LogP contribution is 2.18. The Hall–Kier alpha value is -2.08. The molecule has 1 N–H and O–H groups in total. The number of pyridine rings is 1. The van der Waals surface area contributed by atoms with E-state index >= 15 is 0 Å². The molecule has 3 rings (SSSR count). The molecule has 6 heteroatoms. The third kappa shape index (κ3) is 5.21. The summed E-state index contributed by atoms with van der Waals surface area (Å²) >= 11 is 0. The van der Waals surface area contributed by atoms with Gasteiger partial charge in [-0.15, -0.1) is 0 Å². The molecule has 1 aliphatic heterocycles. The van der Waals surface area contributed by atoms with Crippen molar-refractivity contribution < 1.29 is 4.74 Å². The first-order chi connectivity index (χ1) is 12.8. The van der Waals surface area contributed by atoms with Gasteiger partial charge in [0.05, 0.1) is 5.69 Å². The number of aromatic nitrogens is 2. The fraction of sp³-hybridized carbons (Fsp3) is 0.600. The van der Waals surface area contributed by atoms with Gasteiger partial charge in [-0.05, 0) is 44.2 Å². The van der Waals surface area contributed by atoms with E-state index in [9.17, 15) is 0 Å². The molecule has 0 spiro atoms. The van der Waals surface area contributed by atoms with Crippen molar-refractivity contribution in [2.75, 3.05) is 39.9 Å². The molecule has 0 amide bonds. The average molecular weight is 358 g/mol. The maximum Gasteiger partial charge on any atom is 0.193 e. The van der Waals surface area contributed by atoms with Crippen LogP contribution in [0.5, 0.6) is 0 Å². The normalized spacial score (nSPS) is 16.2. The lowest BCUT2D eigenvalue weighted by molar-refractivity contribution is 0.0625. The Balaban J connectivity index is 1.51. The topological polar surface area (TPSA) is 54.2 Å². The Kier molecular flexibility index (Phi) is 6.89. The molecule has 2 aromatic heterocycles. The van der Waals surface area contributed by atoms with Gasteiger partial charge in [-0.25, -0.2) is 4.98 Å². The average Bonchev–Trinajstić information content (AvgIpc) is 3.09. The number of nitrogens with one attached hydrogen (secondary N) is 1. The van der Waals surface area contributed by atoms with Crippen LogP contribution >= 0.6 is 0 Å². The molecule has 6 nitrogen and oxygen atoms in total. The van der Waals surface area contributed by atoms with Crippen LogP contribution in [0.2, 0.25) is 0 Å². The Labute approximate surface area is 156 Å². The van der Waals surface area contributed by atoms with Crippen LogP contribution in [0.1, 0.15) is 31.9 Å². The number of rotatable bonds is 7. The molecule has 1 saturated heterocycles. The number of aliphatic imine (C=N–C) groups is 1. The second-order valence-corrected chi connectivity index (χ2v) is 6.95. The van der Waals surface area contributed by atoms with Crippen LogP contribution in [0.25, 0.3) is 5.65 Å². The number of hydrogen-bond donors (Lipinski definition) is 1. The lowest BCUT2D eigenvalue weighted by Gasteiger charge is -2.26. The molecule has 0 saturated carbocycles. The molecule has 0 aromatic carbocycles. The highest BCUT2D eigenvalue weighted by molar-refractivity contribution is 5.79. The third-order valence-electron chi connectivity index (χ3n) is 4.95. The van der Waals surface area contributed by atoms with Crippen molar-refractivity contribution >= 4 is 11.6 Å². The van der Waals surface area contributed by atoms with Gasteiger partial charge in [-0.1, -0.05) is 6.07 Å². The van der Waals surface area contributed by atoms with Crippen LogP contribution in [-0.4, -0.2) is 60.1 Å². The van der Waals surface area contributed by atoms with Gasteiger partial charge >= 0.3 is 0 Å². The fourth-order valence-electron chi connectivity index (χ4n) is 3.37. The third-order valence-corrected chi connectivity index (χ3v) is 4.95. The largest absolute Gasteiger partial charge is 0.381 e. The van der Waals surface area contributed by atoms with Crippen molar-refractivity contribution in [2.24, 2.45) is 10.9 Å². The van der Waals surface area contributed by atoms with E-state index in [1.165, 1.54) is 19.3 Å². The smallest absolute Gasteiger partial charge is 0.193 e. The number of hydrogen-bond acceptors (Lipinski definition) is 3. The summed E-state index contributed by atoms with van der Waals surface area (Å²) in [6, 6.07) is 6.06. The predicted molar refractivity (Wildman–Crippen MR) is 106 cm³/mol. The number of imidazole rings is 1. The molecule has 0 bridgehead atoms. The van der Waals surface area contributed by atoms with Crippen molar-refractivity contribution in [3.05, 3.63) is 36.3 Å². The highest BCUT2D eigenvalue weighted by atomic mass is 16.5. The first-order valence-corrected chi connectivity index (χ1v) is 9.76. The van der Waals surface area contributed by atoms with Gasteiger partial charge in [-0.3, -0.25) is 4.99 Å². The lowest BCUT2D eigenvalue weighted by atomic mass is 9.96. The van der Waals surface area contributed by atoms with E-state index in [0.29, 0.717) is 0 Å². The van der Waals surface area contributed by atoms with E-state index in [0.717, 1.165) is 62.5 Å². The van der Waals surface area contributed by atoms with E-state index in [-0.39, 0.29) is 0 Å². The number of nitrogens with zero attached hydrogens (tertiary/aromatic N) is 4. The predicted octanol–water partition coefficient (Wildman–Crippen LogP) is 2.59. The Morgan fingerprint density at radius 2 is 2.23 bits per heavy atom. The molecule has 2 aromatic rings. The zero-order valence-electron chi connectivity index (χ0n) is 16.0. The van der Waals surface area contributed by atoms with Crippen LogP contribution in [0.3, 0.4) is 0 Å². The van der Waals surface area contributed by atoms with Crippen molar-refractivity contribution in [1.82, 2.24) is 19.6 Å². The molecule has 0 radical (unpaired) electrons. The molecule has 1 aliphatic rings. The minimum Gasteiger partial charge on any atom is -0.381 e. The van der Waals surface area contributed by atoms with Crippen LogP contribution in [0, 0.1) is 5.92 Å². The minimum absolute atomic E-state index is 0.744. The Morgan fingerprint density at radius 3 is 3.00 bits per heavy atom. The van der Waals surface area contributed by atoms with Gasteiger partial charge in [0.2, 0.25) is 0 Å². The SMILES string of the molecule is CCNC(=NCCc1cn2ccccc2n1)N(C)CCC1CCOCC1. The molecule has 0 atom stereocenters. The minimum atomic E-state index is 0.744. The maximum absolute atomic E-state index is 5.45. The summed E-state index contributed by atoms with van der Waals surface area (Å²) in [5, 5.41) is 3.41. The van der Waals surface area contributed by atoms with Crippen molar-refractivity contribution in [2.45, 2.75) is 32.6 Å². The van der Waals surface area contributed by atoms with E-state index in [1.807, 2.05) is 24.4 Å². The van der Waals surface area contributed by atoms with E-state index in [1.54, 1.807) is 0 Å². The summed E-state index contributed by atoms with van der Waals surface area (Å²) in [6.07, 6.45) is 8.56.